The Morgan fingerprint density at radius 1 is 1.47 bits per heavy atom. The van der Waals surface area contributed by atoms with Crippen LogP contribution in [0.3, 0.4) is 0 Å². The SMILES string of the molecule is COCC(=O)N1CC(CN2C(=O)COC2=O)C1. The van der Waals surface area contributed by atoms with Gasteiger partial charge in [-0.25, -0.2) is 9.69 Å². The van der Waals surface area contributed by atoms with E-state index in [2.05, 4.69) is 4.74 Å². The van der Waals surface area contributed by atoms with Crippen molar-refractivity contribution in [3.05, 3.63) is 0 Å². The van der Waals surface area contributed by atoms with E-state index in [4.69, 9.17) is 4.74 Å². The molecule has 0 unspecified atom stereocenters. The fourth-order valence-corrected chi connectivity index (χ4v) is 1.92. The normalized spacial score (nSPS) is 20.5. The summed E-state index contributed by atoms with van der Waals surface area (Å²) in [6.45, 7) is 1.34. The Labute approximate surface area is 98.2 Å². The van der Waals surface area contributed by atoms with Crippen molar-refractivity contribution in [1.29, 1.82) is 0 Å². The molecule has 0 atom stereocenters. The van der Waals surface area contributed by atoms with Crippen LogP contribution in [0.1, 0.15) is 0 Å². The molecule has 94 valence electrons. The Kier molecular flexibility index (Phi) is 3.28. The second-order valence-corrected chi connectivity index (χ2v) is 4.16. The molecule has 2 aliphatic rings. The number of carbonyl (C=O) groups excluding carboxylic acids is 3. The highest BCUT2D eigenvalue weighted by atomic mass is 16.6. The molecule has 7 heteroatoms. The molecule has 0 aromatic heterocycles. The lowest BCUT2D eigenvalue weighted by Gasteiger charge is -2.40. The van der Waals surface area contributed by atoms with Crippen LogP contribution in [0, 0.1) is 5.92 Å². The van der Waals surface area contributed by atoms with Crippen molar-refractivity contribution in [2.75, 3.05) is 40.0 Å². The van der Waals surface area contributed by atoms with Gasteiger partial charge in [0, 0.05) is 32.7 Å². The van der Waals surface area contributed by atoms with E-state index in [1.54, 1.807) is 4.90 Å². The minimum atomic E-state index is -0.586. The van der Waals surface area contributed by atoms with Crippen LogP contribution in [-0.4, -0.2) is 67.7 Å². The van der Waals surface area contributed by atoms with Gasteiger partial charge >= 0.3 is 6.09 Å². The van der Waals surface area contributed by atoms with E-state index in [9.17, 15) is 14.4 Å². The number of likely N-dealkylation sites (tertiary alicyclic amines) is 1. The van der Waals surface area contributed by atoms with Crippen LogP contribution in [0.25, 0.3) is 0 Å². The first-order valence-electron chi connectivity index (χ1n) is 5.35. The van der Waals surface area contributed by atoms with Crippen molar-refractivity contribution in [3.8, 4) is 0 Å². The third-order valence-electron chi connectivity index (χ3n) is 2.86. The Hall–Kier alpha value is -1.63. The van der Waals surface area contributed by atoms with Gasteiger partial charge in [0.1, 0.15) is 6.61 Å². The van der Waals surface area contributed by atoms with Crippen LogP contribution in [0.15, 0.2) is 0 Å². The Balaban J connectivity index is 1.75. The van der Waals surface area contributed by atoms with Crippen molar-refractivity contribution < 1.29 is 23.9 Å². The lowest BCUT2D eigenvalue weighted by molar-refractivity contribution is -0.142. The lowest BCUT2D eigenvalue weighted by atomic mass is 9.99. The van der Waals surface area contributed by atoms with Gasteiger partial charge < -0.3 is 14.4 Å². The van der Waals surface area contributed by atoms with Gasteiger partial charge in [0.25, 0.3) is 5.91 Å². The molecule has 0 aliphatic carbocycles. The molecule has 0 N–H and O–H groups in total. The molecule has 2 heterocycles. The Bertz CT molecular complexity index is 335. The smallest absolute Gasteiger partial charge is 0.417 e. The predicted octanol–water partition coefficient (Wildman–Crippen LogP) is -0.930. The van der Waals surface area contributed by atoms with Gasteiger partial charge in [-0.2, -0.15) is 0 Å². The van der Waals surface area contributed by atoms with E-state index in [1.165, 1.54) is 7.11 Å². The fourth-order valence-electron chi connectivity index (χ4n) is 1.92. The number of nitrogens with zero attached hydrogens (tertiary/aromatic N) is 2. The van der Waals surface area contributed by atoms with Gasteiger partial charge in [0.05, 0.1) is 0 Å². The molecule has 2 saturated heterocycles. The number of methoxy groups -OCH3 is 1. The first-order valence-corrected chi connectivity index (χ1v) is 5.35. The minimum Gasteiger partial charge on any atom is -0.439 e. The number of rotatable bonds is 4. The van der Waals surface area contributed by atoms with Crippen molar-refractivity contribution in [2.24, 2.45) is 5.92 Å². The van der Waals surface area contributed by atoms with Crippen LogP contribution >= 0.6 is 0 Å². The molecule has 0 bridgehead atoms. The van der Waals surface area contributed by atoms with Gasteiger partial charge in [-0.3, -0.25) is 9.59 Å². The van der Waals surface area contributed by atoms with Gasteiger partial charge in [-0.15, -0.1) is 0 Å². The summed E-state index contributed by atoms with van der Waals surface area (Å²) in [5, 5.41) is 0. The monoisotopic (exact) mass is 242 g/mol. The van der Waals surface area contributed by atoms with Crippen LogP contribution in [0.5, 0.6) is 0 Å². The Morgan fingerprint density at radius 2 is 2.18 bits per heavy atom. The third-order valence-corrected chi connectivity index (χ3v) is 2.86. The molecule has 2 fully saturated rings. The molecular formula is C10H14N2O5. The maximum Gasteiger partial charge on any atom is 0.417 e. The van der Waals surface area contributed by atoms with Crippen molar-refractivity contribution in [1.82, 2.24) is 9.80 Å². The summed E-state index contributed by atoms with van der Waals surface area (Å²) < 4.78 is 9.33. The molecule has 7 nitrogen and oxygen atoms in total. The highest BCUT2D eigenvalue weighted by Crippen LogP contribution is 2.19. The Morgan fingerprint density at radius 3 is 2.71 bits per heavy atom. The van der Waals surface area contributed by atoms with E-state index in [-0.39, 0.29) is 30.9 Å². The second-order valence-electron chi connectivity index (χ2n) is 4.16. The topological polar surface area (TPSA) is 76.2 Å². The number of cyclic esters (lactones) is 1. The molecular weight excluding hydrogens is 228 g/mol. The van der Waals surface area contributed by atoms with E-state index >= 15 is 0 Å². The number of hydrogen-bond donors (Lipinski definition) is 0. The highest BCUT2D eigenvalue weighted by Gasteiger charge is 2.38. The van der Waals surface area contributed by atoms with Gasteiger partial charge in [0.2, 0.25) is 5.91 Å². The maximum atomic E-state index is 11.4. The van der Waals surface area contributed by atoms with Crippen LogP contribution in [0.4, 0.5) is 4.79 Å². The van der Waals surface area contributed by atoms with E-state index in [0.29, 0.717) is 19.6 Å². The summed E-state index contributed by atoms with van der Waals surface area (Å²) in [6, 6.07) is 0. The van der Waals surface area contributed by atoms with Crippen LogP contribution < -0.4 is 0 Å². The zero-order chi connectivity index (χ0) is 12.4. The number of amides is 3. The first-order chi connectivity index (χ1) is 8.11. The summed E-state index contributed by atoms with van der Waals surface area (Å²) in [7, 11) is 1.47. The zero-order valence-electron chi connectivity index (χ0n) is 9.55. The summed E-state index contributed by atoms with van der Waals surface area (Å²) >= 11 is 0. The van der Waals surface area contributed by atoms with Crippen molar-refractivity contribution >= 4 is 17.9 Å². The van der Waals surface area contributed by atoms with Crippen molar-refractivity contribution in [2.45, 2.75) is 0 Å². The molecule has 0 saturated carbocycles. The molecule has 3 amide bonds. The van der Waals surface area contributed by atoms with Gasteiger partial charge in [-0.05, 0) is 0 Å². The van der Waals surface area contributed by atoms with Crippen molar-refractivity contribution in [3.63, 3.8) is 0 Å². The summed E-state index contributed by atoms with van der Waals surface area (Å²) in [5.74, 6) is -0.235. The standard InChI is InChI=1S/C10H14N2O5/c1-16-5-8(13)11-2-7(3-11)4-12-9(14)6-17-10(12)15/h7H,2-6H2,1H3. The largest absolute Gasteiger partial charge is 0.439 e. The molecule has 0 spiro atoms. The average Bonchev–Trinajstić information content (AvgIpc) is 2.53. The van der Waals surface area contributed by atoms with E-state index in [1.807, 2.05) is 0 Å². The summed E-state index contributed by atoms with van der Waals surface area (Å²) in [4.78, 5) is 36.5. The summed E-state index contributed by atoms with van der Waals surface area (Å²) in [6.07, 6.45) is -0.586. The number of carbonyl (C=O) groups is 3. The number of ether oxygens (including phenoxy) is 2. The predicted molar refractivity (Wildman–Crippen MR) is 55.0 cm³/mol. The number of imide groups is 1. The molecule has 2 rings (SSSR count). The molecule has 0 radical (unpaired) electrons. The molecule has 17 heavy (non-hydrogen) atoms. The van der Waals surface area contributed by atoms with Gasteiger partial charge in [0.15, 0.2) is 6.61 Å². The summed E-state index contributed by atoms with van der Waals surface area (Å²) in [5.41, 5.74) is 0. The molecule has 0 aromatic carbocycles. The van der Waals surface area contributed by atoms with Gasteiger partial charge in [-0.1, -0.05) is 0 Å². The lowest BCUT2D eigenvalue weighted by Crippen LogP contribution is -2.55. The quantitative estimate of drug-likeness (QED) is 0.636. The van der Waals surface area contributed by atoms with E-state index in [0.717, 1.165) is 4.90 Å². The first kappa shape index (κ1) is 11.8. The number of hydrogen-bond acceptors (Lipinski definition) is 5. The average molecular weight is 242 g/mol. The third kappa shape index (κ3) is 2.38. The molecule has 2 aliphatic heterocycles. The highest BCUT2D eigenvalue weighted by molar-refractivity contribution is 5.97. The molecule has 0 aromatic rings. The second kappa shape index (κ2) is 4.70. The van der Waals surface area contributed by atoms with Crippen LogP contribution in [0.2, 0.25) is 0 Å². The maximum absolute atomic E-state index is 11.4. The zero-order valence-corrected chi connectivity index (χ0v) is 9.55. The fraction of sp³-hybridized carbons (Fsp3) is 0.700. The van der Waals surface area contributed by atoms with Crippen LogP contribution in [-0.2, 0) is 19.1 Å². The van der Waals surface area contributed by atoms with E-state index < -0.39 is 6.09 Å². The minimum absolute atomic E-state index is 0.0669.